The lowest BCUT2D eigenvalue weighted by molar-refractivity contribution is -0.123. The van der Waals surface area contributed by atoms with E-state index in [1.807, 2.05) is 24.3 Å². The van der Waals surface area contributed by atoms with Gasteiger partial charge in [-0.2, -0.15) is 0 Å². The van der Waals surface area contributed by atoms with Crippen molar-refractivity contribution in [2.45, 2.75) is 25.3 Å². The number of primary amides is 1. The van der Waals surface area contributed by atoms with Crippen molar-refractivity contribution in [3.63, 3.8) is 0 Å². The molecule has 102 valence electrons. The Bertz CT molecular complexity index is 474. The molecule has 0 fully saturated rings. The van der Waals surface area contributed by atoms with Crippen LogP contribution < -0.4 is 16.4 Å². The Kier molecular flexibility index (Phi) is 4.52. The van der Waals surface area contributed by atoms with Crippen molar-refractivity contribution in [2.75, 3.05) is 13.1 Å². The van der Waals surface area contributed by atoms with Crippen molar-refractivity contribution in [2.24, 2.45) is 5.73 Å². The summed E-state index contributed by atoms with van der Waals surface area (Å²) in [5.41, 5.74) is 7.32. The molecule has 5 nitrogen and oxygen atoms in total. The molecule has 2 amide bonds. The van der Waals surface area contributed by atoms with Crippen LogP contribution in [-0.4, -0.2) is 24.9 Å². The van der Waals surface area contributed by atoms with Gasteiger partial charge in [0.15, 0.2) is 0 Å². The summed E-state index contributed by atoms with van der Waals surface area (Å²) in [5, 5.41) is 6.11. The summed E-state index contributed by atoms with van der Waals surface area (Å²) in [4.78, 5) is 22.7. The number of carbonyl (C=O) groups excluding carboxylic acids is 2. The zero-order valence-electron chi connectivity index (χ0n) is 10.8. The van der Waals surface area contributed by atoms with Crippen molar-refractivity contribution in [3.8, 4) is 0 Å². The van der Waals surface area contributed by atoms with Crippen LogP contribution in [0.2, 0.25) is 0 Å². The fourth-order valence-corrected chi connectivity index (χ4v) is 2.33. The Balaban J connectivity index is 1.92. The third-order valence-electron chi connectivity index (χ3n) is 3.31. The molecule has 4 N–H and O–H groups in total. The lowest BCUT2D eigenvalue weighted by Crippen LogP contribution is -2.39. The highest BCUT2D eigenvalue weighted by atomic mass is 16.2. The van der Waals surface area contributed by atoms with Crippen molar-refractivity contribution < 1.29 is 9.59 Å². The van der Waals surface area contributed by atoms with Crippen LogP contribution in [0.15, 0.2) is 24.3 Å². The highest BCUT2D eigenvalue weighted by molar-refractivity contribution is 5.84. The van der Waals surface area contributed by atoms with Crippen molar-refractivity contribution in [1.29, 1.82) is 0 Å². The van der Waals surface area contributed by atoms with Gasteiger partial charge >= 0.3 is 0 Å². The summed E-state index contributed by atoms with van der Waals surface area (Å²) in [6.07, 6.45) is 0.892. The van der Waals surface area contributed by atoms with Gasteiger partial charge in [-0.15, -0.1) is 0 Å². The Labute approximate surface area is 112 Å². The standard InChI is InChI=1S/C14H19N3O2/c15-13(18)6-3-7-17-14(19)12-9-16-8-10-4-1-2-5-11(10)12/h1-2,4-5,12,16H,3,6-9H2,(H2,15,18)(H,17,19). The van der Waals surface area contributed by atoms with Crippen LogP contribution in [-0.2, 0) is 16.1 Å². The predicted octanol–water partition coefficient (Wildman–Crippen LogP) is 0.255. The maximum Gasteiger partial charge on any atom is 0.228 e. The van der Waals surface area contributed by atoms with Crippen LogP contribution >= 0.6 is 0 Å². The summed E-state index contributed by atoms with van der Waals surface area (Å²) in [6.45, 7) is 1.95. The van der Waals surface area contributed by atoms with Gasteiger partial charge in [0.25, 0.3) is 0 Å². The van der Waals surface area contributed by atoms with Crippen LogP contribution in [0.3, 0.4) is 0 Å². The summed E-state index contributed by atoms with van der Waals surface area (Å²) in [5.74, 6) is -0.485. The average molecular weight is 261 g/mol. The SMILES string of the molecule is NC(=O)CCCNC(=O)C1CNCc2ccccc21. The fourth-order valence-electron chi connectivity index (χ4n) is 2.33. The number of hydrogen-bond donors (Lipinski definition) is 3. The van der Waals surface area contributed by atoms with Gasteiger partial charge in [0.2, 0.25) is 11.8 Å². The quantitative estimate of drug-likeness (QED) is 0.664. The van der Waals surface area contributed by atoms with Gasteiger partial charge in [-0.25, -0.2) is 0 Å². The maximum absolute atomic E-state index is 12.1. The molecule has 1 aromatic carbocycles. The second-order valence-corrected chi connectivity index (χ2v) is 4.74. The Morgan fingerprint density at radius 1 is 1.37 bits per heavy atom. The first-order valence-corrected chi connectivity index (χ1v) is 6.53. The number of amides is 2. The molecule has 5 heteroatoms. The number of hydrogen-bond acceptors (Lipinski definition) is 3. The van der Waals surface area contributed by atoms with Gasteiger partial charge < -0.3 is 16.4 Å². The van der Waals surface area contributed by atoms with E-state index < -0.39 is 0 Å². The molecule has 1 aliphatic heterocycles. The van der Waals surface area contributed by atoms with Gasteiger partial charge in [0, 0.05) is 26.1 Å². The Morgan fingerprint density at radius 3 is 2.95 bits per heavy atom. The molecule has 0 saturated carbocycles. The van der Waals surface area contributed by atoms with Gasteiger partial charge in [-0.1, -0.05) is 24.3 Å². The third-order valence-corrected chi connectivity index (χ3v) is 3.31. The molecule has 1 atom stereocenters. The zero-order chi connectivity index (χ0) is 13.7. The lowest BCUT2D eigenvalue weighted by atomic mass is 9.90. The number of nitrogens with two attached hydrogens (primary N) is 1. The van der Waals surface area contributed by atoms with E-state index in [2.05, 4.69) is 10.6 Å². The zero-order valence-corrected chi connectivity index (χ0v) is 10.8. The smallest absolute Gasteiger partial charge is 0.228 e. The normalized spacial score (nSPS) is 17.6. The van der Waals surface area contributed by atoms with Crippen LogP contribution in [0.4, 0.5) is 0 Å². The molecule has 1 aliphatic rings. The molecule has 1 heterocycles. The van der Waals surface area contributed by atoms with Crippen LogP contribution in [0, 0.1) is 0 Å². The number of benzene rings is 1. The topological polar surface area (TPSA) is 84.2 Å². The second kappa shape index (κ2) is 6.33. The van der Waals surface area contributed by atoms with Gasteiger partial charge in [-0.05, 0) is 17.5 Å². The average Bonchev–Trinajstić information content (AvgIpc) is 2.42. The van der Waals surface area contributed by atoms with E-state index in [1.165, 1.54) is 5.56 Å². The molecule has 0 aliphatic carbocycles. The van der Waals surface area contributed by atoms with E-state index in [9.17, 15) is 9.59 Å². The molecule has 1 unspecified atom stereocenters. The molecule has 1 aromatic rings. The lowest BCUT2D eigenvalue weighted by Gasteiger charge is -2.25. The van der Waals surface area contributed by atoms with Gasteiger partial charge in [0.1, 0.15) is 0 Å². The van der Waals surface area contributed by atoms with Gasteiger partial charge in [0.05, 0.1) is 5.92 Å². The van der Waals surface area contributed by atoms with Crippen molar-refractivity contribution >= 4 is 11.8 Å². The third kappa shape index (κ3) is 3.54. The number of fused-ring (bicyclic) bond motifs is 1. The first kappa shape index (κ1) is 13.5. The van der Waals surface area contributed by atoms with E-state index in [0.29, 0.717) is 25.9 Å². The summed E-state index contributed by atoms with van der Waals surface area (Å²) >= 11 is 0. The van der Waals surface area contributed by atoms with E-state index in [0.717, 1.165) is 12.1 Å². The summed E-state index contributed by atoms with van der Waals surface area (Å²) in [6, 6.07) is 7.98. The van der Waals surface area contributed by atoms with Gasteiger partial charge in [-0.3, -0.25) is 9.59 Å². The van der Waals surface area contributed by atoms with E-state index >= 15 is 0 Å². The molecule has 0 saturated heterocycles. The maximum atomic E-state index is 12.1. The molecule has 0 bridgehead atoms. The predicted molar refractivity (Wildman–Crippen MR) is 72.3 cm³/mol. The molecule has 19 heavy (non-hydrogen) atoms. The highest BCUT2D eigenvalue weighted by Gasteiger charge is 2.25. The van der Waals surface area contributed by atoms with E-state index in [1.54, 1.807) is 0 Å². The van der Waals surface area contributed by atoms with Crippen LogP contribution in [0.25, 0.3) is 0 Å². The number of rotatable bonds is 5. The number of nitrogens with one attached hydrogen (secondary N) is 2. The summed E-state index contributed by atoms with van der Waals surface area (Å²) < 4.78 is 0. The fraction of sp³-hybridized carbons (Fsp3) is 0.429. The first-order valence-electron chi connectivity index (χ1n) is 6.53. The van der Waals surface area contributed by atoms with Crippen LogP contribution in [0.1, 0.15) is 29.9 Å². The molecular formula is C14H19N3O2. The van der Waals surface area contributed by atoms with Crippen molar-refractivity contribution in [1.82, 2.24) is 10.6 Å². The van der Waals surface area contributed by atoms with Crippen LogP contribution in [0.5, 0.6) is 0 Å². The minimum Gasteiger partial charge on any atom is -0.370 e. The van der Waals surface area contributed by atoms with E-state index in [-0.39, 0.29) is 17.7 Å². The van der Waals surface area contributed by atoms with E-state index in [4.69, 9.17) is 5.73 Å². The molecular weight excluding hydrogens is 242 g/mol. The molecule has 0 aromatic heterocycles. The van der Waals surface area contributed by atoms with Crippen molar-refractivity contribution in [3.05, 3.63) is 35.4 Å². The largest absolute Gasteiger partial charge is 0.370 e. The summed E-state index contributed by atoms with van der Waals surface area (Å²) in [7, 11) is 0. The first-order chi connectivity index (χ1) is 9.18. The Morgan fingerprint density at radius 2 is 2.16 bits per heavy atom. The molecule has 0 radical (unpaired) electrons. The molecule has 0 spiro atoms. The molecule has 2 rings (SSSR count). The highest BCUT2D eigenvalue weighted by Crippen LogP contribution is 2.23. The minimum atomic E-state index is -0.334. The monoisotopic (exact) mass is 261 g/mol. The second-order valence-electron chi connectivity index (χ2n) is 4.74. The number of carbonyl (C=O) groups is 2. The Hall–Kier alpha value is -1.88. The minimum absolute atomic E-state index is 0.00382.